The van der Waals surface area contributed by atoms with Crippen LogP contribution in [-0.2, 0) is 9.84 Å². The topological polar surface area (TPSA) is 89.0 Å². The van der Waals surface area contributed by atoms with Gasteiger partial charge in [0, 0.05) is 19.3 Å². The van der Waals surface area contributed by atoms with Crippen LogP contribution in [0, 0.1) is 0 Å². The highest BCUT2D eigenvalue weighted by Gasteiger charge is 2.26. The number of benzene rings is 2. The second-order valence-electron chi connectivity index (χ2n) is 7.42. The van der Waals surface area contributed by atoms with Crippen molar-refractivity contribution in [2.45, 2.75) is 18.7 Å². The average molecular weight is 492 g/mol. The van der Waals surface area contributed by atoms with Gasteiger partial charge < -0.3 is 14.4 Å². The number of anilines is 1. The molecule has 0 spiro atoms. The molecule has 0 radical (unpaired) electrons. The monoisotopic (exact) mass is 491 g/mol. The summed E-state index contributed by atoms with van der Waals surface area (Å²) >= 11 is 1.29. The lowest BCUT2D eigenvalue weighted by atomic mass is 10.1. The zero-order valence-corrected chi connectivity index (χ0v) is 21.1. The lowest BCUT2D eigenvalue weighted by Gasteiger charge is -2.25. The highest BCUT2D eigenvalue weighted by Crippen LogP contribution is 2.35. The molecule has 0 aliphatic heterocycles. The van der Waals surface area contributed by atoms with Crippen molar-refractivity contribution < 1.29 is 22.7 Å². The van der Waals surface area contributed by atoms with Gasteiger partial charge in [0.15, 0.2) is 26.5 Å². The van der Waals surface area contributed by atoms with Gasteiger partial charge in [0.05, 0.1) is 34.9 Å². The van der Waals surface area contributed by atoms with Crippen molar-refractivity contribution in [2.24, 2.45) is 0 Å². The molecule has 2 aromatic carbocycles. The Bertz CT molecular complexity index is 1240. The molecule has 0 saturated carbocycles. The summed E-state index contributed by atoms with van der Waals surface area (Å²) in [5, 5.41) is 0.498. The Morgan fingerprint density at radius 3 is 2.39 bits per heavy atom. The Hall–Kier alpha value is -2.69. The summed E-state index contributed by atoms with van der Waals surface area (Å²) in [6.07, 6.45) is 1.17. The molecule has 1 aromatic heterocycles. The van der Waals surface area contributed by atoms with E-state index in [4.69, 9.17) is 9.47 Å². The first-order valence-corrected chi connectivity index (χ1v) is 13.3. The number of methoxy groups -OCH3 is 2. The van der Waals surface area contributed by atoms with E-state index in [2.05, 4.69) is 23.7 Å². The molecule has 0 bridgehead atoms. The maximum atomic E-state index is 13.7. The number of hydrogen-bond acceptors (Lipinski definition) is 8. The zero-order chi connectivity index (χ0) is 24.2. The summed E-state index contributed by atoms with van der Waals surface area (Å²) in [5.41, 5.74) is 1.01. The number of fused-ring (bicyclic) bond motifs is 1. The molecule has 8 nitrogen and oxygen atoms in total. The number of carbonyl (C=O) groups excluding carboxylic acids is 1. The first kappa shape index (κ1) is 24.9. The summed E-state index contributed by atoms with van der Waals surface area (Å²) in [6.45, 7) is 6.95. The first-order chi connectivity index (χ1) is 15.7. The fourth-order valence-corrected chi connectivity index (χ4v) is 5.26. The maximum absolute atomic E-state index is 13.7. The molecular weight excluding hydrogens is 462 g/mol. The van der Waals surface area contributed by atoms with Gasteiger partial charge in [-0.1, -0.05) is 31.3 Å². The van der Waals surface area contributed by atoms with Gasteiger partial charge in [0.2, 0.25) is 0 Å². The molecule has 10 heteroatoms. The highest BCUT2D eigenvalue weighted by molar-refractivity contribution is 7.90. The number of ether oxygens (including phenoxy) is 2. The van der Waals surface area contributed by atoms with Crippen molar-refractivity contribution in [3.63, 3.8) is 0 Å². The number of para-hydroxylation sites is 1. The molecule has 0 aliphatic rings. The van der Waals surface area contributed by atoms with Crippen LogP contribution in [0.25, 0.3) is 10.2 Å². The SMILES string of the molecule is CCN(CC)CCN(C(=O)c1cccc(OC)c1OC)c1nc2ccc(S(C)(=O)=O)cc2s1. The third kappa shape index (κ3) is 5.45. The maximum Gasteiger partial charge on any atom is 0.264 e. The van der Waals surface area contributed by atoms with Crippen LogP contribution in [0.5, 0.6) is 11.5 Å². The molecule has 0 unspecified atom stereocenters. The third-order valence-corrected chi connectivity index (χ3v) is 7.57. The third-order valence-electron chi connectivity index (χ3n) is 5.42. The van der Waals surface area contributed by atoms with E-state index in [0.717, 1.165) is 13.1 Å². The Morgan fingerprint density at radius 1 is 1.06 bits per heavy atom. The van der Waals surface area contributed by atoms with Crippen molar-refractivity contribution in [3.05, 3.63) is 42.0 Å². The summed E-state index contributed by atoms with van der Waals surface area (Å²) < 4.78 is 35.5. The molecule has 0 fully saturated rings. The van der Waals surface area contributed by atoms with Gasteiger partial charge in [-0.15, -0.1) is 0 Å². The van der Waals surface area contributed by atoms with Crippen LogP contribution >= 0.6 is 11.3 Å². The van der Waals surface area contributed by atoms with Crippen molar-refractivity contribution in [1.82, 2.24) is 9.88 Å². The second kappa shape index (κ2) is 10.5. The van der Waals surface area contributed by atoms with Crippen molar-refractivity contribution in [3.8, 4) is 11.5 Å². The first-order valence-electron chi connectivity index (χ1n) is 10.6. The van der Waals surface area contributed by atoms with E-state index in [-0.39, 0.29) is 10.8 Å². The lowest BCUT2D eigenvalue weighted by molar-refractivity contribution is 0.0980. The molecule has 3 aromatic rings. The van der Waals surface area contributed by atoms with Gasteiger partial charge in [-0.2, -0.15) is 0 Å². The lowest BCUT2D eigenvalue weighted by Crippen LogP contribution is -2.39. The predicted molar refractivity (Wildman–Crippen MR) is 132 cm³/mol. The molecule has 1 amide bonds. The van der Waals surface area contributed by atoms with E-state index in [1.807, 2.05) is 0 Å². The van der Waals surface area contributed by atoms with Crippen LogP contribution in [0.1, 0.15) is 24.2 Å². The van der Waals surface area contributed by atoms with E-state index < -0.39 is 9.84 Å². The van der Waals surface area contributed by atoms with E-state index in [1.165, 1.54) is 37.9 Å². The van der Waals surface area contributed by atoms with Crippen LogP contribution in [0.15, 0.2) is 41.3 Å². The van der Waals surface area contributed by atoms with Crippen molar-refractivity contribution in [1.29, 1.82) is 0 Å². The summed E-state index contributed by atoms with van der Waals surface area (Å²) in [5.74, 6) is 0.563. The van der Waals surface area contributed by atoms with Crippen molar-refractivity contribution in [2.75, 3.05) is 51.6 Å². The van der Waals surface area contributed by atoms with Crippen LogP contribution < -0.4 is 14.4 Å². The zero-order valence-electron chi connectivity index (χ0n) is 19.5. The number of rotatable bonds is 10. The molecule has 0 atom stereocenters. The summed E-state index contributed by atoms with van der Waals surface area (Å²) in [7, 11) is -0.324. The molecule has 33 heavy (non-hydrogen) atoms. The molecule has 1 heterocycles. The number of hydrogen-bond donors (Lipinski definition) is 0. The van der Waals surface area contributed by atoms with Gasteiger partial charge in [0.1, 0.15) is 0 Å². The fourth-order valence-electron chi connectivity index (χ4n) is 3.51. The molecule has 0 N–H and O–H groups in total. The van der Waals surface area contributed by atoms with E-state index >= 15 is 0 Å². The molecule has 3 rings (SSSR count). The predicted octanol–water partition coefficient (Wildman–Crippen LogP) is 3.71. The van der Waals surface area contributed by atoms with E-state index in [9.17, 15) is 13.2 Å². The number of nitrogens with zero attached hydrogens (tertiary/aromatic N) is 3. The number of amides is 1. The average Bonchev–Trinajstić information content (AvgIpc) is 3.23. The number of sulfone groups is 1. The van der Waals surface area contributed by atoms with Crippen molar-refractivity contribution >= 4 is 42.4 Å². The van der Waals surface area contributed by atoms with Crippen LogP contribution in [-0.4, -0.2) is 70.9 Å². The highest BCUT2D eigenvalue weighted by atomic mass is 32.2. The van der Waals surface area contributed by atoms with Gasteiger partial charge in [0.25, 0.3) is 5.91 Å². The van der Waals surface area contributed by atoms with Gasteiger partial charge in [-0.25, -0.2) is 13.4 Å². The van der Waals surface area contributed by atoms with Crippen LogP contribution in [0.4, 0.5) is 5.13 Å². The van der Waals surface area contributed by atoms with Crippen LogP contribution in [0.3, 0.4) is 0 Å². The number of carbonyl (C=O) groups is 1. The Balaban J connectivity index is 2.07. The minimum Gasteiger partial charge on any atom is -0.493 e. The second-order valence-corrected chi connectivity index (χ2v) is 10.4. The molecule has 178 valence electrons. The van der Waals surface area contributed by atoms with Gasteiger partial charge >= 0.3 is 0 Å². The number of likely N-dealkylation sites (N-methyl/N-ethyl adjacent to an activating group) is 1. The van der Waals surface area contributed by atoms with Gasteiger partial charge in [-0.3, -0.25) is 9.69 Å². The molecule has 0 aliphatic carbocycles. The van der Waals surface area contributed by atoms with Crippen LogP contribution in [0.2, 0.25) is 0 Å². The largest absolute Gasteiger partial charge is 0.493 e. The fraction of sp³-hybridized carbons (Fsp3) is 0.391. The van der Waals surface area contributed by atoms with E-state index in [1.54, 1.807) is 35.2 Å². The van der Waals surface area contributed by atoms with E-state index in [0.29, 0.717) is 45.5 Å². The Kier molecular flexibility index (Phi) is 7.93. The quantitative estimate of drug-likeness (QED) is 0.427. The minimum absolute atomic E-state index is 0.223. The van der Waals surface area contributed by atoms with Gasteiger partial charge in [-0.05, 0) is 43.4 Å². The summed E-state index contributed by atoms with van der Waals surface area (Å²) in [6, 6.07) is 9.99. The number of aromatic nitrogens is 1. The standard InChI is InChI=1S/C23H29N3O5S2/c1-6-25(7-2)13-14-26(22(27)17-9-8-10-19(30-3)21(17)31-4)23-24-18-12-11-16(33(5,28)29)15-20(18)32-23/h8-12,15H,6-7,13-14H2,1-5H3. The molecular formula is C23H29N3O5S2. The molecule has 0 saturated heterocycles. The Morgan fingerprint density at radius 2 is 1.79 bits per heavy atom. The normalized spacial score (nSPS) is 11.7. The summed E-state index contributed by atoms with van der Waals surface area (Å²) in [4.78, 5) is 22.4. The number of thiazole rings is 1. The smallest absolute Gasteiger partial charge is 0.264 e. The minimum atomic E-state index is -3.35. The Labute approximate surface area is 198 Å².